The summed E-state index contributed by atoms with van der Waals surface area (Å²) in [5, 5.41) is 9.76. The summed E-state index contributed by atoms with van der Waals surface area (Å²) >= 11 is 0. The molecule has 0 saturated carbocycles. The van der Waals surface area contributed by atoms with E-state index in [0.717, 1.165) is 25.0 Å². The molecule has 128 valence electrons. The number of hydrogen-bond donors (Lipinski definition) is 1. The molecule has 0 amide bonds. The van der Waals surface area contributed by atoms with E-state index in [1.54, 1.807) is 0 Å². The predicted octanol–water partition coefficient (Wildman–Crippen LogP) is 3.62. The molecule has 0 spiro atoms. The van der Waals surface area contributed by atoms with E-state index in [-0.39, 0.29) is 33.2 Å². The minimum atomic E-state index is -0.902. The quantitative estimate of drug-likeness (QED) is 0.349. The Morgan fingerprint density at radius 2 is 1.59 bits per heavy atom. The second kappa shape index (κ2) is 13.3. The summed E-state index contributed by atoms with van der Waals surface area (Å²) in [6.45, 7) is 4.56. The van der Waals surface area contributed by atoms with E-state index < -0.39 is 5.79 Å². The average molecular weight is 505 g/mol. The van der Waals surface area contributed by atoms with Gasteiger partial charge in [0.25, 0.3) is 0 Å². The van der Waals surface area contributed by atoms with Crippen molar-refractivity contribution in [1.82, 2.24) is 0 Å². The van der Waals surface area contributed by atoms with Gasteiger partial charge in [0.2, 0.25) is 5.79 Å². The van der Waals surface area contributed by atoms with Gasteiger partial charge in [-0.05, 0) is 25.5 Å². The van der Waals surface area contributed by atoms with Crippen LogP contribution in [-0.4, -0.2) is 50.7 Å². The molecule has 3 nitrogen and oxygen atoms in total. The van der Waals surface area contributed by atoms with E-state index in [1.807, 2.05) is 37.3 Å². The van der Waals surface area contributed by atoms with Crippen molar-refractivity contribution in [1.29, 1.82) is 0 Å². The van der Waals surface area contributed by atoms with Crippen molar-refractivity contribution in [3.8, 4) is 5.75 Å². The Kier molecular flexibility index (Phi) is 13.2. The zero-order chi connectivity index (χ0) is 15.4. The molecule has 22 heavy (non-hydrogen) atoms. The first kappa shape index (κ1) is 21.8. The standard InChI is InChI=1S/C18H30O3.Po.2H/c1-3-5-6-7-8-12-15-18(16-19,20-4-2)21-17-13-10-9-11-14-17;;;/h9-11,13-14,19H,3-8,12,15-16H2,1-2H3;;;. The van der Waals surface area contributed by atoms with Gasteiger partial charge in [0.15, 0.2) is 0 Å². The summed E-state index contributed by atoms with van der Waals surface area (Å²) in [6.07, 6.45) is 7.99. The van der Waals surface area contributed by atoms with E-state index in [9.17, 15) is 5.11 Å². The molecule has 1 N–H and O–H groups in total. The van der Waals surface area contributed by atoms with Gasteiger partial charge < -0.3 is 14.6 Å². The van der Waals surface area contributed by atoms with Gasteiger partial charge in [0, 0.05) is 13.0 Å². The van der Waals surface area contributed by atoms with Gasteiger partial charge in [0.1, 0.15) is 12.4 Å². The molecule has 0 aliphatic heterocycles. The molecule has 0 aliphatic rings. The van der Waals surface area contributed by atoms with Crippen LogP contribution in [0.1, 0.15) is 58.8 Å². The summed E-state index contributed by atoms with van der Waals surface area (Å²) in [5.74, 6) is -0.160. The number of rotatable bonds is 12. The number of aliphatic hydroxyl groups is 1. The van der Waals surface area contributed by atoms with Gasteiger partial charge in [-0.1, -0.05) is 57.2 Å². The van der Waals surface area contributed by atoms with Crippen molar-refractivity contribution in [2.75, 3.05) is 13.2 Å². The van der Waals surface area contributed by atoms with E-state index >= 15 is 0 Å². The Morgan fingerprint density at radius 3 is 2.18 bits per heavy atom. The molecule has 0 aliphatic carbocycles. The molecular weight excluding hydrogens is 473 g/mol. The van der Waals surface area contributed by atoms with Crippen molar-refractivity contribution in [3.63, 3.8) is 0 Å². The van der Waals surface area contributed by atoms with Crippen LogP contribution in [0.15, 0.2) is 30.3 Å². The van der Waals surface area contributed by atoms with Gasteiger partial charge in [0.05, 0.1) is 0 Å². The Bertz CT molecular complexity index is 359. The molecule has 0 fully saturated rings. The van der Waals surface area contributed by atoms with Gasteiger partial charge in [-0.15, -0.1) is 0 Å². The maximum absolute atomic E-state index is 9.76. The fourth-order valence-electron chi connectivity index (χ4n) is 2.45. The number of hydrogen-bond acceptors (Lipinski definition) is 3. The summed E-state index contributed by atoms with van der Waals surface area (Å²) < 4.78 is 11.7. The Labute approximate surface area is 154 Å². The summed E-state index contributed by atoms with van der Waals surface area (Å²) in [6, 6.07) is 9.58. The first-order valence-electron chi connectivity index (χ1n) is 8.25. The normalized spacial score (nSPS) is 13.2. The van der Waals surface area contributed by atoms with E-state index in [1.165, 1.54) is 25.7 Å². The SMILES string of the molecule is CCCCCCCCC(CO)(OCC)Oc1ccccc1.[PoH2]. The Balaban J connectivity index is 0.00000441. The number of ether oxygens (including phenoxy) is 2. The van der Waals surface area contributed by atoms with Crippen LogP contribution in [0.25, 0.3) is 0 Å². The fourth-order valence-corrected chi connectivity index (χ4v) is 2.45. The third kappa shape index (κ3) is 8.46. The molecule has 0 radical (unpaired) electrons. The van der Waals surface area contributed by atoms with E-state index in [2.05, 4.69) is 6.92 Å². The van der Waals surface area contributed by atoms with Crippen LogP contribution in [0, 0.1) is 0 Å². The van der Waals surface area contributed by atoms with E-state index in [0.29, 0.717) is 6.61 Å². The number of benzene rings is 1. The molecule has 0 saturated heterocycles. The molecular formula is C18H32O3Po. The monoisotopic (exact) mass is 505 g/mol. The molecule has 0 bridgehead atoms. The summed E-state index contributed by atoms with van der Waals surface area (Å²) in [5.41, 5.74) is 0. The second-order valence-corrected chi connectivity index (χ2v) is 5.43. The zero-order valence-corrected chi connectivity index (χ0v) is 17.9. The summed E-state index contributed by atoms with van der Waals surface area (Å²) in [7, 11) is 0. The third-order valence-corrected chi connectivity index (χ3v) is 3.61. The van der Waals surface area contributed by atoms with Gasteiger partial charge in [-0.3, -0.25) is 0 Å². The molecule has 1 rings (SSSR count). The summed E-state index contributed by atoms with van der Waals surface area (Å²) in [4.78, 5) is 0. The molecule has 0 heterocycles. The van der Waals surface area contributed by atoms with E-state index in [4.69, 9.17) is 9.47 Å². The van der Waals surface area contributed by atoms with Crippen molar-refractivity contribution in [3.05, 3.63) is 30.3 Å². The zero-order valence-electron chi connectivity index (χ0n) is 14.0. The second-order valence-electron chi connectivity index (χ2n) is 5.43. The molecule has 1 unspecified atom stereocenters. The topological polar surface area (TPSA) is 38.7 Å². The molecule has 0 aromatic heterocycles. The van der Waals surface area contributed by atoms with Crippen LogP contribution in [-0.2, 0) is 4.74 Å². The predicted molar refractivity (Wildman–Crippen MR) is 95.0 cm³/mol. The fraction of sp³-hybridized carbons (Fsp3) is 0.667. The van der Waals surface area contributed by atoms with Crippen LogP contribution in [0.4, 0.5) is 0 Å². The van der Waals surface area contributed by atoms with Crippen molar-refractivity contribution >= 4 is 26.6 Å². The van der Waals surface area contributed by atoms with Gasteiger partial charge in [-0.25, -0.2) is 0 Å². The van der Waals surface area contributed by atoms with Crippen molar-refractivity contribution in [2.24, 2.45) is 0 Å². The third-order valence-electron chi connectivity index (χ3n) is 3.61. The van der Waals surface area contributed by atoms with Crippen molar-refractivity contribution < 1.29 is 14.6 Å². The van der Waals surface area contributed by atoms with Crippen LogP contribution >= 0.6 is 0 Å². The number of unbranched alkanes of at least 4 members (excludes halogenated alkanes) is 5. The minimum absolute atomic E-state index is 0. The Hall–Kier alpha value is -0.164. The molecule has 1 atom stereocenters. The number of para-hydroxylation sites is 1. The van der Waals surface area contributed by atoms with Crippen LogP contribution in [0.2, 0.25) is 0 Å². The Morgan fingerprint density at radius 1 is 0.955 bits per heavy atom. The molecule has 1 aromatic rings. The molecule has 4 heteroatoms. The van der Waals surface area contributed by atoms with Crippen LogP contribution < -0.4 is 4.74 Å². The maximum atomic E-state index is 9.76. The van der Waals surface area contributed by atoms with Crippen LogP contribution in [0.3, 0.4) is 0 Å². The first-order chi connectivity index (χ1) is 10.3. The first-order valence-corrected chi connectivity index (χ1v) is 8.25. The van der Waals surface area contributed by atoms with Gasteiger partial charge >= 0.3 is 26.6 Å². The molecule has 1 aromatic carbocycles. The number of aliphatic hydroxyl groups excluding tert-OH is 1. The average Bonchev–Trinajstić information content (AvgIpc) is 2.52. The van der Waals surface area contributed by atoms with Crippen LogP contribution in [0.5, 0.6) is 5.75 Å². The van der Waals surface area contributed by atoms with Gasteiger partial charge in [-0.2, -0.15) is 0 Å². The van der Waals surface area contributed by atoms with Crippen molar-refractivity contribution in [2.45, 2.75) is 64.6 Å².